The number of carbonyl (C=O) groups is 2. The molecule has 1 aliphatic rings. The topological polar surface area (TPSA) is 91.1 Å². The van der Waals surface area contributed by atoms with Crippen LogP contribution in [0.3, 0.4) is 0 Å². The van der Waals surface area contributed by atoms with E-state index in [1.54, 1.807) is 11.8 Å². The van der Waals surface area contributed by atoms with Gasteiger partial charge in [0, 0.05) is 30.6 Å². The molecule has 2 heterocycles. The molecule has 0 atom stereocenters. The van der Waals surface area contributed by atoms with Gasteiger partial charge in [0.05, 0.1) is 25.5 Å². The zero-order valence-corrected chi connectivity index (χ0v) is 23.8. The molecule has 2 aromatic carbocycles. The van der Waals surface area contributed by atoms with Crippen LogP contribution >= 0.6 is 0 Å². The van der Waals surface area contributed by atoms with Crippen LogP contribution in [0.1, 0.15) is 44.2 Å². The molecule has 1 aliphatic heterocycles. The fourth-order valence-corrected chi connectivity index (χ4v) is 4.52. The van der Waals surface area contributed by atoms with Crippen LogP contribution in [0.5, 0.6) is 5.75 Å². The van der Waals surface area contributed by atoms with Crippen LogP contribution in [0, 0.1) is 12.8 Å². The van der Waals surface area contributed by atoms with Crippen molar-refractivity contribution in [2.24, 2.45) is 5.92 Å². The number of rotatable bonds is 11. The Morgan fingerprint density at radius 2 is 1.80 bits per heavy atom. The van der Waals surface area contributed by atoms with E-state index in [1.165, 1.54) is 0 Å². The van der Waals surface area contributed by atoms with Gasteiger partial charge in [-0.2, -0.15) is 0 Å². The Bertz CT molecular complexity index is 1310. The average molecular weight is 547 g/mol. The minimum Gasteiger partial charge on any atom is -0.493 e. The molecule has 3 aromatic rings. The second-order valence-electron chi connectivity index (χ2n) is 10.3. The summed E-state index contributed by atoms with van der Waals surface area (Å²) in [4.78, 5) is 31.5. The number of amides is 1. The number of nitrogens with zero attached hydrogens (tertiary/aromatic N) is 2. The van der Waals surface area contributed by atoms with E-state index in [0.29, 0.717) is 63.6 Å². The molecule has 4 rings (SSSR count). The van der Waals surface area contributed by atoms with Crippen LogP contribution in [0.4, 0.5) is 4.79 Å². The summed E-state index contributed by atoms with van der Waals surface area (Å²) in [7, 11) is 0. The lowest BCUT2D eigenvalue weighted by Gasteiger charge is -2.30. The van der Waals surface area contributed by atoms with Crippen LogP contribution in [-0.4, -0.2) is 54.9 Å². The molecule has 0 spiro atoms. The van der Waals surface area contributed by atoms with Crippen LogP contribution in [0.25, 0.3) is 11.5 Å². The monoisotopic (exact) mass is 546 g/mol. The molecule has 0 saturated heterocycles. The van der Waals surface area contributed by atoms with Crippen molar-refractivity contribution in [2.45, 2.75) is 47.0 Å². The first-order valence-electron chi connectivity index (χ1n) is 13.9. The second kappa shape index (κ2) is 13.8. The molecule has 0 bridgehead atoms. The lowest BCUT2D eigenvalue weighted by molar-refractivity contribution is -0.138. The first-order chi connectivity index (χ1) is 19.3. The van der Waals surface area contributed by atoms with E-state index < -0.39 is 0 Å². The minimum absolute atomic E-state index is 0.256. The number of hydrogen-bond acceptors (Lipinski definition) is 7. The van der Waals surface area contributed by atoms with E-state index in [1.807, 2.05) is 75.4 Å². The van der Waals surface area contributed by atoms with Crippen LogP contribution in [0.2, 0.25) is 0 Å². The summed E-state index contributed by atoms with van der Waals surface area (Å²) in [5, 5.41) is 0. The number of ether oxygens (including phenoxy) is 3. The van der Waals surface area contributed by atoms with Gasteiger partial charge in [-0.25, -0.2) is 14.6 Å². The largest absolute Gasteiger partial charge is 0.493 e. The summed E-state index contributed by atoms with van der Waals surface area (Å²) in [5.41, 5.74) is 4.36. The van der Waals surface area contributed by atoms with Crippen molar-refractivity contribution < 1.29 is 28.2 Å². The summed E-state index contributed by atoms with van der Waals surface area (Å²) in [6.07, 6.45) is 1.25. The van der Waals surface area contributed by atoms with E-state index >= 15 is 0 Å². The molecular weight excluding hydrogens is 508 g/mol. The maximum absolute atomic E-state index is 12.6. The van der Waals surface area contributed by atoms with Gasteiger partial charge in [0.2, 0.25) is 5.89 Å². The van der Waals surface area contributed by atoms with Crippen molar-refractivity contribution in [1.82, 2.24) is 9.88 Å². The Balaban J connectivity index is 1.36. The van der Waals surface area contributed by atoms with E-state index in [4.69, 9.17) is 18.6 Å². The van der Waals surface area contributed by atoms with Crippen LogP contribution < -0.4 is 4.74 Å². The SMILES string of the molecule is CCOC(=O)C1=C(Cc2ccc(OCCc3nc(-c4ccccc4)oc3C)cc2)CN(C(=O)OCC(C)C)CC1. The van der Waals surface area contributed by atoms with Gasteiger partial charge in [-0.1, -0.05) is 44.2 Å². The zero-order chi connectivity index (χ0) is 28.5. The predicted octanol–water partition coefficient (Wildman–Crippen LogP) is 6.17. The fourth-order valence-electron chi connectivity index (χ4n) is 4.52. The van der Waals surface area contributed by atoms with Crippen molar-refractivity contribution in [3.05, 3.63) is 82.8 Å². The number of esters is 1. The normalized spacial score (nSPS) is 13.5. The average Bonchev–Trinajstić information content (AvgIpc) is 3.33. The molecular formula is C32H38N2O6. The van der Waals surface area contributed by atoms with Crippen LogP contribution in [0.15, 0.2) is 70.2 Å². The second-order valence-corrected chi connectivity index (χ2v) is 10.3. The lowest BCUT2D eigenvalue weighted by atomic mass is 9.94. The summed E-state index contributed by atoms with van der Waals surface area (Å²) < 4.78 is 22.5. The predicted molar refractivity (Wildman–Crippen MR) is 152 cm³/mol. The first kappa shape index (κ1) is 28.9. The third kappa shape index (κ3) is 7.74. The van der Waals surface area contributed by atoms with Gasteiger partial charge in [0.15, 0.2) is 0 Å². The number of benzene rings is 2. The molecule has 0 radical (unpaired) electrons. The molecule has 1 aromatic heterocycles. The third-order valence-electron chi connectivity index (χ3n) is 6.62. The van der Waals surface area contributed by atoms with Crippen molar-refractivity contribution in [2.75, 3.05) is 32.9 Å². The van der Waals surface area contributed by atoms with Gasteiger partial charge in [0.25, 0.3) is 0 Å². The number of aryl methyl sites for hydroxylation is 1. The van der Waals surface area contributed by atoms with Gasteiger partial charge in [-0.3, -0.25) is 0 Å². The van der Waals surface area contributed by atoms with E-state index in [9.17, 15) is 9.59 Å². The highest BCUT2D eigenvalue weighted by atomic mass is 16.6. The van der Waals surface area contributed by atoms with Crippen molar-refractivity contribution in [3.8, 4) is 17.2 Å². The summed E-state index contributed by atoms with van der Waals surface area (Å²) in [5.74, 6) is 2.09. The maximum atomic E-state index is 12.6. The Labute approximate surface area is 235 Å². The lowest BCUT2D eigenvalue weighted by Crippen LogP contribution is -2.39. The molecule has 1 amide bonds. The highest BCUT2D eigenvalue weighted by molar-refractivity contribution is 5.90. The van der Waals surface area contributed by atoms with Gasteiger partial charge < -0.3 is 23.5 Å². The molecule has 0 unspecified atom stereocenters. The smallest absolute Gasteiger partial charge is 0.410 e. The highest BCUT2D eigenvalue weighted by Gasteiger charge is 2.28. The summed E-state index contributed by atoms with van der Waals surface area (Å²) in [6.45, 7) is 9.61. The Hall–Kier alpha value is -4.07. The van der Waals surface area contributed by atoms with Crippen LogP contribution in [-0.2, 0) is 27.1 Å². The molecule has 212 valence electrons. The first-order valence-corrected chi connectivity index (χ1v) is 13.9. The van der Waals surface area contributed by atoms with Gasteiger partial charge in [0.1, 0.15) is 11.5 Å². The minimum atomic E-state index is -0.351. The Morgan fingerprint density at radius 1 is 1.05 bits per heavy atom. The highest BCUT2D eigenvalue weighted by Crippen LogP contribution is 2.25. The molecule has 0 saturated carbocycles. The molecule has 0 N–H and O–H groups in total. The molecule has 8 heteroatoms. The van der Waals surface area contributed by atoms with Gasteiger partial charge in [-0.15, -0.1) is 0 Å². The van der Waals surface area contributed by atoms with E-state index in [-0.39, 0.29) is 18.0 Å². The Morgan fingerprint density at radius 3 is 2.50 bits per heavy atom. The third-order valence-corrected chi connectivity index (χ3v) is 6.62. The molecule has 40 heavy (non-hydrogen) atoms. The van der Waals surface area contributed by atoms with Crippen molar-refractivity contribution in [1.29, 1.82) is 0 Å². The standard InChI is InChI=1S/C32H38N2O6/c1-5-37-31(35)28-15-17-34(32(36)39-21-22(2)3)20-26(28)19-24-11-13-27(14-12-24)38-18-16-29-23(4)40-30(33-29)25-9-7-6-8-10-25/h6-14,22H,5,15-21H2,1-4H3. The van der Waals surface area contributed by atoms with Crippen molar-refractivity contribution in [3.63, 3.8) is 0 Å². The molecule has 0 aliphatic carbocycles. The maximum Gasteiger partial charge on any atom is 0.410 e. The number of hydrogen-bond donors (Lipinski definition) is 0. The van der Waals surface area contributed by atoms with E-state index in [0.717, 1.165) is 33.9 Å². The van der Waals surface area contributed by atoms with Gasteiger partial charge in [-0.05, 0) is 68.0 Å². The quantitative estimate of drug-likeness (QED) is 0.266. The Kier molecular flexibility index (Phi) is 10.00. The zero-order valence-electron chi connectivity index (χ0n) is 23.8. The van der Waals surface area contributed by atoms with E-state index in [2.05, 4.69) is 4.98 Å². The summed E-state index contributed by atoms with van der Waals surface area (Å²) >= 11 is 0. The number of aromatic nitrogens is 1. The number of oxazole rings is 1. The number of carbonyl (C=O) groups excluding carboxylic acids is 2. The molecule has 8 nitrogen and oxygen atoms in total. The fraction of sp³-hybridized carbons (Fsp3) is 0.406. The molecule has 0 fully saturated rings. The van der Waals surface area contributed by atoms with Gasteiger partial charge >= 0.3 is 12.1 Å². The summed E-state index contributed by atoms with van der Waals surface area (Å²) in [6, 6.07) is 17.6. The van der Waals surface area contributed by atoms with Crippen molar-refractivity contribution >= 4 is 12.1 Å².